The summed E-state index contributed by atoms with van der Waals surface area (Å²) in [5, 5.41) is 22.1. The van der Waals surface area contributed by atoms with E-state index in [0.717, 1.165) is 50.6 Å². The Kier molecular flexibility index (Phi) is 8.83. The second-order valence-electron chi connectivity index (χ2n) is 11.3. The zero-order valence-corrected chi connectivity index (χ0v) is 24.5. The summed E-state index contributed by atoms with van der Waals surface area (Å²) in [5.41, 5.74) is 4.01. The quantitative estimate of drug-likeness (QED) is 0.393. The van der Waals surface area contributed by atoms with Gasteiger partial charge in [-0.05, 0) is 48.9 Å². The van der Waals surface area contributed by atoms with Gasteiger partial charge < -0.3 is 29.7 Å². The smallest absolute Gasteiger partial charge is 0.248 e. The molecule has 0 spiro atoms. The predicted molar refractivity (Wildman–Crippen MR) is 160 cm³/mol. The number of halogens is 1. The van der Waals surface area contributed by atoms with E-state index in [-0.39, 0.29) is 30.8 Å². The number of aliphatic hydroxyl groups is 1. The molecule has 3 aliphatic heterocycles. The van der Waals surface area contributed by atoms with E-state index in [1.807, 2.05) is 6.07 Å². The van der Waals surface area contributed by atoms with Crippen molar-refractivity contribution in [3.63, 3.8) is 0 Å². The van der Waals surface area contributed by atoms with E-state index < -0.39 is 24.8 Å². The molecule has 2 N–H and O–H groups in total. The van der Waals surface area contributed by atoms with Gasteiger partial charge in [0, 0.05) is 56.1 Å². The fourth-order valence-electron chi connectivity index (χ4n) is 5.84. The van der Waals surface area contributed by atoms with Gasteiger partial charge in [-0.15, -0.1) is 0 Å². The molecule has 3 fully saturated rings. The monoisotopic (exact) mass is 602 g/mol. The van der Waals surface area contributed by atoms with Crippen molar-refractivity contribution in [1.29, 1.82) is 5.26 Å². The van der Waals surface area contributed by atoms with Crippen molar-refractivity contribution >= 4 is 23.2 Å². The van der Waals surface area contributed by atoms with Crippen LogP contribution in [0.15, 0.2) is 42.7 Å². The van der Waals surface area contributed by atoms with E-state index in [1.54, 1.807) is 18.2 Å². The fraction of sp³-hybridized carbons (Fsp3) is 0.452. The minimum atomic E-state index is -1.45. The molecule has 230 valence electrons. The van der Waals surface area contributed by atoms with Gasteiger partial charge in [0.05, 0.1) is 31.4 Å². The largest absolute Gasteiger partial charge is 0.486 e. The third-order valence-corrected chi connectivity index (χ3v) is 8.42. The molecule has 3 aromatic rings. The first-order valence-corrected chi connectivity index (χ1v) is 14.8. The number of amides is 1. The van der Waals surface area contributed by atoms with Gasteiger partial charge in [-0.1, -0.05) is 0 Å². The number of nitrogens with zero attached hydrogens (tertiary/aromatic N) is 7. The van der Waals surface area contributed by atoms with Gasteiger partial charge in [0.25, 0.3) is 0 Å². The number of piperidine rings is 1. The van der Waals surface area contributed by atoms with Crippen molar-refractivity contribution in [3.05, 3.63) is 53.9 Å². The number of nitriles is 1. The van der Waals surface area contributed by atoms with Crippen molar-refractivity contribution in [2.75, 3.05) is 69.3 Å². The number of anilines is 3. The molecule has 1 amide bonds. The normalized spacial score (nSPS) is 21.0. The van der Waals surface area contributed by atoms with Gasteiger partial charge in [0.1, 0.15) is 30.9 Å². The van der Waals surface area contributed by atoms with Crippen molar-refractivity contribution < 1.29 is 23.8 Å². The number of carbonyl (C=O) groups excluding carboxylic acids is 1. The number of rotatable bonds is 8. The zero-order valence-electron chi connectivity index (χ0n) is 24.5. The minimum absolute atomic E-state index is 0.166. The number of hydrogen-bond acceptors (Lipinski definition) is 11. The lowest BCUT2D eigenvalue weighted by Gasteiger charge is -2.43. The Morgan fingerprint density at radius 1 is 1.16 bits per heavy atom. The Balaban J connectivity index is 1.10. The number of benzene rings is 2. The van der Waals surface area contributed by atoms with Crippen LogP contribution in [-0.2, 0) is 9.53 Å². The summed E-state index contributed by atoms with van der Waals surface area (Å²) < 4.78 is 26.0. The molecule has 1 aromatic heterocycles. The maximum Gasteiger partial charge on any atom is 0.248 e. The van der Waals surface area contributed by atoms with E-state index in [4.69, 9.17) is 14.6 Å². The lowest BCUT2D eigenvalue weighted by Crippen LogP contribution is -2.56. The van der Waals surface area contributed by atoms with Crippen molar-refractivity contribution in [2.24, 2.45) is 0 Å². The molecule has 2 atom stereocenters. The molecule has 0 saturated carbocycles. The van der Waals surface area contributed by atoms with Gasteiger partial charge in [-0.3, -0.25) is 9.69 Å². The standard InChI is InChI=1S/C31H35FN8O4/c1-20-12-23(3-4-26(20)39-10-8-38(9-11-39)24-17-43-18-24)36-31-35-19-34-30(37-31)21-2-5-27(22(13-21)14-33)44-28-6-7-40(15-25(28)32)29(42)16-41/h2-5,12-13,19,24-25,28,41H,6-11,15-18H2,1H3,(H,34,35,36,37)/t25-,28-/m0/s1. The Bertz CT molecular complexity index is 1540. The molecule has 44 heavy (non-hydrogen) atoms. The Labute approximate surface area is 255 Å². The Hall–Kier alpha value is -4.38. The van der Waals surface area contributed by atoms with Crippen LogP contribution in [0.3, 0.4) is 0 Å². The van der Waals surface area contributed by atoms with Gasteiger partial charge in [0.15, 0.2) is 12.0 Å². The molecule has 2 aromatic carbocycles. The summed E-state index contributed by atoms with van der Waals surface area (Å²) in [4.78, 5) is 31.0. The maximum absolute atomic E-state index is 14.8. The molecule has 0 unspecified atom stereocenters. The molecule has 4 heterocycles. The Morgan fingerprint density at radius 2 is 1.98 bits per heavy atom. The van der Waals surface area contributed by atoms with Crippen molar-refractivity contribution in [3.8, 4) is 23.2 Å². The van der Waals surface area contributed by atoms with Crippen LogP contribution < -0.4 is 15.0 Å². The lowest BCUT2D eigenvalue weighted by atomic mass is 10.0. The van der Waals surface area contributed by atoms with Crippen molar-refractivity contribution in [2.45, 2.75) is 31.7 Å². The first-order chi connectivity index (χ1) is 21.4. The number of piperazine rings is 1. The SMILES string of the molecule is Cc1cc(Nc2ncnc(-c3ccc(O[C@H]4CCN(C(=O)CO)C[C@@H]4F)c(C#N)c3)n2)ccc1N1CCN(C2COC2)CC1. The third-order valence-electron chi connectivity index (χ3n) is 8.42. The van der Waals surface area contributed by atoms with Crippen LogP contribution in [0.4, 0.5) is 21.7 Å². The summed E-state index contributed by atoms with van der Waals surface area (Å²) in [7, 11) is 0. The molecule has 6 rings (SSSR count). The van der Waals surface area contributed by atoms with Gasteiger partial charge >= 0.3 is 0 Å². The molecule has 0 bridgehead atoms. The third kappa shape index (κ3) is 6.42. The van der Waals surface area contributed by atoms with E-state index in [2.05, 4.69) is 55.2 Å². The van der Waals surface area contributed by atoms with E-state index in [9.17, 15) is 14.4 Å². The second-order valence-corrected chi connectivity index (χ2v) is 11.3. The van der Waals surface area contributed by atoms with Crippen LogP contribution in [0.2, 0.25) is 0 Å². The number of carbonyl (C=O) groups is 1. The first-order valence-electron chi connectivity index (χ1n) is 14.8. The summed E-state index contributed by atoms with van der Waals surface area (Å²) >= 11 is 0. The van der Waals surface area contributed by atoms with E-state index in [0.29, 0.717) is 23.4 Å². The van der Waals surface area contributed by atoms with Gasteiger partial charge in [-0.25, -0.2) is 14.4 Å². The highest BCUT2D eigenvalue weighted by Crippen LogP contribution is 2.30. The molecule has 3 saturated heterocycles. The van der Waals surface area contributed by atoms with Crippen LogP contribution in [0, 0.1) is 18.3 Å². The topological polar surface area (TPSA) is 140 Å². The lowest BCUT2D eigenvalue weighted by molar-refractivity contribution is -0.138. The fourth-order valence-corrected chi connectivity index (χ4v) is 5.84. The predicted octanol–water partition coefficient (Wildman–Crippen LogP) is 2.29. The number of likely N-dealkylation sites (tertiary alicyclic amines) is 1. The Morgan fingerprint density at radius 3 is 2.66 bits per heavy atom. The first kappa shape index (κ1) is 29.7. The molecule has 13 heteroatoms. The minimum Gasteiger partial charge on any atom is -0.486 e. The van der Waals surface area contributed by atoms with Gasteiger partial charge in [0.2, 0.25) is 11.9 Å². The van der Waals surface area contributed by atoms with Crippen molar-refractivity contribution in [1.82, 2.24) is 24.8 Å². The van der Waals surface area contributed by atoms with E-state index in [1.165, 1.54) is 16.9 Å². The van der Waals surface area contributed by atoms with Crippen LogP contribution >= 0.6 is 0 Å². The van der Waals surface area contributed by atoms with Crippen LogP contribution in [-0.4, -0.2) is 113 Å². The summed E-state index contributed by atoms with van der Waals surface area (Å²) in [6.45, 7) is 7.25. The molecular formula is C31H35FN8O4. The number of nitrogens with one attached hydrogen (secondary N) is 1. The molecular weight excluding hydrogens is 567 g/mol. The average molecular weight is 603 g/mol. The van der Waals surface area contributed by atoms with Crippen LogP contribution in [0.5, 0.6) is 5.75 Å². The molecule has 0 radical (unpaired) electrons. The summed E-state index contributed by atoms with van der Waals surface area (Å²) in [6.07, 6.45) is -0.608. The van der Waals surface area contributed by atoms with Crippen LogP contribution in [0.25, 0.3) is 11.4 Å². The highest BCUT2D eigenvalue weighted by atomic mass is 19.1. The average Bonchev–Trinajstić information content (AvgIpc) is 3.01. The maximum atomic E-state index is 14.8. The van der Waals surface area contributed by atoms with Crippen LogP contribution in [0.1, 0.15) is 17.5 Å². The van der Waals surface area contributed by atoms with E-state index >= 15 is 0 Å². The highest BCUT2D eigenvalue weighted by Gasteiger charge is 2.33. The summed E-state index contributed by atoms with van der Waals surface area (Å²) in [5.74, 6) is 0.456. The highest BCUT2D eigenvalue weighted by molar-refractivity contribution is 5.77. The zero-order chi connectivity index (χ0) is 30.6. The summed E-state index contributed by atoms with van der Waals surface area (Å²) in [6, 6.07) is 13.8. The molecule has 3 aliphatic rings. The molecule has 0 aliphatic carbocycles. The number of ether oxygens (including phenoxy) is 2. The number of alkyl halides is 1. The molecule has 12 nitrogen and oxygen atoms in total. The number of aryl methyl sites for hydroxylation is 1. The number of aliphatic hydroxyl groups excluding tert-OH is 1. The number of hydrogen-bond donors (Lipinski definition) is 2. The second kappa shape index (κ2) is 13.1. The number of aromatic nitrogens is 3. The van der Waals surface area contributed by atoms with Gasteiger partial charge in [-0.2, -0.15) is 10.2 Å².